The van der Waals surface area contributed by atoms with Gasteiger partial charge in [-0.25, -0.2) is 14.2 Å². The van der Waals surface area contributed by atoms with Gasteiger partial charge in [-0.3, -0.25) is 10.1 Å². The van der Waals surface area contributed by atoms with E-state index in [-0.39, 0.29) is 29.4 Å². The Morgan fingerprint density at radius 1 is 1.08 bits per heavy atom. The van der Waals surface area contributed by atoms with Gasteiger partial charge in [0.05, 0.1) is 5.56 Å². The Bertz CT molecular complexity index is 1500. The molecule has 0 bridgehead atoms. The number of nitrogens with zero attached hydrogens (tertiary/aromatic N) is 2. The maximum Gasteiger partial charge on any atom is 0.324 e. The molecule has 0 aliphatic carbocycles. The van der Waals surface area contributed by atoms with Crippen molar-refractivity contribution < 1.29 is 18.5 Å². The number of H-pyrrole nitrogens is 1. The van der Waals surface area contributed by atoms with Gasteiger partial charge in [-0.2, -0.15) is 0 Å². The van der Waals surface area contributed by atoms with Gasteiger partial charge < -0.3 is 20.1 Å². The zero-order chi connectivity index (χ0) is 25.6. The first-order valence-electron chi connectivity index (χ1n) is 11.4. The zero-order valence-electron chi connectivity index (χ0n) is 20.2. The van der Waals surface area contributed by atoms with E-state index in [1.165, 1.54) is 6.07 Å². The van der Waals surface area contributed by atoms with Crippen molar-refractivity contribution in [3.05, 3.63) is 71.0 Å². The van der Waals surface area contributed by atoms with Crippen LogP contribution in [0.3, 0.4) is 0 Å². The standard InChI is InChI=1S/C26H25FN6O3/c1-13-11-28-23(30-13)17-8-7-15(18-12-29-24(34)22(17)18)16-6-5-14(9-19(16)27)31-25(35)32-21-10-20(36-33-21)26(2,3)4/h5-11H,12H2,1-4H3,(H,28,30)(H,29,34)(H2,31,32,33,35). The number of imidazole rings is 1. The Balaban J connectivity index is 1.38. The molecule has 5 rings (SSSR count). The number of hydrogen-bond donors (Lipinski definition) is 4. The second kappa shape index (κ2) is 8.63. The average molecular weight is 489 g/mol. The van der Waals surface area contributed by atoms with Crippen LogP contribution in [-0.4, -0.2) is 27.1 Å². The number of carbonyl (C=O) groups is 2. The number of hydrogen-bond acceptors (Lipinski definition) is 5. The van der Waals surface area contributed by atoms with E-state index in [0.717, 1.165) is 5.69 Å². The van der Waals surface area contributed by atoms with E-state index in [1.54, 1.807) is 36.5 Å². The molecule has 3 amide bonds. The second-order valence-corrected chi connectivity index (χ2v) is 9.71. The lowest BCUT2D eigenvalue weighted by atomic mass is 9.92. The molecule has 0 radical (unpaired) electrons. The molecule has 2 aromatic heterocycles. The fourth-order valence-electron chi connectivity index (χ4n) is 4.12. The highest BCUT2D eigenvalue weighted by Gasteiger charge is 2.28. The summed E-state index contributed by atoms with van der Waals surface area (Å²) in [5.41, 5.74) is 3.64. The molecule has 2 aromatic carbocycles. The number of amides is 3. The van der Waals surface area contributed by atoms with E-state index in [4.69, 9.17) is 4.52 Å². The minimum absolute atomic E-state index is 0.228. The van der Waals surface area contributed by atoms with Crippen molar-refractivity contribution in [2.24, 2.45) is 0 Å². The Labute approximate surface area is 206 Å². The van der Waals surface area contributed by atoms with Gasteiger partial charge in [0.1, 0.15) is 17.4 Å². The quantitative estimate of drug-likeness (QED) is 0.308. The van der Waals surface area contributed by atoms with Crippen molar-refractivity contribution in [1.82, 2.24) is 20.4 Å². The number of urea groups is 1. The molecule has 0 unspecified atom stereocenters. The predicted molar refractivity (Wildman–Crippen MR) is 133 cm³/mol. The van der Waals surface area contributed by atoms with E-state index < -0.39 is 11.8 Å². The van der Waals surface area contributed by atoms with Crippen LogP contribution in [0.2, 0.25) is 0 Å². The van der Waals surface area contributed by atoms with Crippen LogP contribution >= 0.6 is 0 Å². The molecule has 0 spiro atoms. The lowest BCUT2D eigenvalue weighted by Gasteiger charge is -2.13. The zero-order valence-corrected chi connectivity index (χ0v) is 20.2. The van der Waals surface area contributed by atoms with Crippen LogP contribution in [0.1, 0.15) is 48.1 Å². The van der Waals surface area contributed by atoms with Crippen LogP contribution in [-0.2, 0) is 12.0 Å². The van der Waals surface area contributed by atoms with Gasteiger partial charge in [0, 0.05) is 46.7 Å². The van der Waals surface area contributed by atoms with Crippen LogP contribution < -0.4 is 16.0 Å². The maximum atomic E-state index is 15.2. The lowest BCUT2D eigenvalue weighted by Crippen LogP contribution is -2.19. The third-order valence-corrected chi connectivity index (χ3v) is 5.93. The molecule has 0 atom stereocenters. The van der Waals surface area contributed by atoms with Gasteiger partial charge in [0.2, 0.25) is 0 Å². The summed E-state index contributed by atoms with van der Waals surface area (Å²) in [6, 6.07) is 9.02. The summed E-state index contributed by atoms with van der Waals surface area (Å²) in [5, 5.41) is 11.8. The molecule has 0 saturated carbocycles. The highest BCUT2D eigenvalue weighted by Crippen LogP contribution is 2.37. The maximum absolute atomic E-state index is 15.2. The van der Waals surface area contributed by atoms with Crippen LogP contribution in [0.25, 0.3) is 22.5 Å². The van der Waals surface area contributed by atoms with E-state index in [1.807, 2.05) is 27.7 Å². The molecule has 4 aromatic rings. The normalized spacial score (nSPS) is 12.9. The van der Waals surface area contributed by atoms with Crippen LogP contribution in [0, 0.1) is 12.7 Å². The van der Waals surface area contributed by atoms with Crippen molar-refractivity contribution in [2.75, 3.05) is 10.6 Å². The van der Waals surface area contributed by atoms with Crippen molar-refractivity contribution >= 4 is 23.4 Å². The third kappa shape index (κ3) is 4.33. The van der Waals surface area contributed by atoms with Gasteiger partial charge in [0.25, 0.3) is 5.91 Å². The van der Waals surface area contributed by atoms with E-state index in [9.17, 15) is 9.59 Å². The van der Waals surface area contributed by atoms with Gasteiger partial charge in [-0.15, -0.1) is 0 Å². The molecule has 1 aliphatic rings. The summed E-state index contributed by atoms with van der Waals surface area (Å²) in [4.78, 5) is 32.5. The largest absolute Gasteiger partial charge is 0.359 e. The number of carbonyl (C=O) groups excluding carboxylic acids is 2. The number of nitrogens with one attached hydrogen (secondary N) is 4. The molecule has 1 aliphatic heterocycles. The van der Waals surface area contributed by atoms with E-state index in [0.29, 0.717) is 39.4 Å². The molecule has 3 heterocycles. The molecule has 10 heteroatoms. The van der Waals surface area contributed by atoms with E-state index in [2.05, 4.69) is 31.1 Å². The minimum atomic E-state index is -0.579. The number of fused-ring (bicyclic) bond motifs is 1. The van der Waals surface area contributed by atoms with Gasteiger partial charge in [-0.05, 0) is 42.3 Å². The number of benzene rings is 2. The fraction of sp³-hybridized carbons (Fsp3) is 0.231. The summed E-state index contributed by atoms with van der Waals surface area (Å²) in [5.74, 6) is 0.706. The summed E-state index contributed by atoms with van der Waals surface area (Å²) >= 11 is 0. The Morgan fingerprint density at radius 3 is 2.50 bits per heavy atom. The number of aromatic nitrogens is 3. The smallest absolute Gasteiger partial charge is 0.324 e. The molecular weight excluding hydrogens is 463 g/mol. The van der Waals surface area contributed by atoms with Crippen molar-refractivity contribution in [1.29, 1.82) is 0 Å². The number of anilines is 2. The van der Waals surface area contributed by atoms with Crippen molar-refractivity contribution in [2.45, 2.75) is 39.7 Å². The number of halogens is 1. The molecular formula is C26H25FN6O3. The van der Waals surface area contributed by atoms with Gasteiger partial charge >= 0.3 is 6.03 Å². The summed E-state index contributed by atoms with van der Waals surface area (Å²) in [7, 11) is 0. The van der Waals surface area contributed by atoms with Crippen molar-refractivity contribution in [3.63, 3.8) is 0 Å². The first kappa shape index (κ1) is 23.3. The first-order valence-corrected chi connectivity index (χ1v) is 11.4. The summed E-state index contributed by atoms with van der Waals surface area (Å²) in [6.45, 7) is 8.07. The lowest BCUT2D eigenvalue weighted by molar-refractivity contribution is 0.0966. The van der Waals surface area contributed by atoms with Gasteiger partial charge in [0.15, 0.2) is 5.82 Å². The number of rotatable bonds is 4. The average Bonchev–Trinajstić information content (AvgIpc) is 3.54. The van der Waals surface area contributed by atoms with Gasteiger partial charge in [-0.1, -0.05) is 32.0 Å². The molecule has 4 N–H and O–H groups in total. The monoisotopic (exact) mass is 488 g/mol. The Hall–Kier alpha value is -4.47. The second-order valence-electron chi connectivity index (χ2n) is 9.71. The number of aryl methyl sites for hydroxylation is 1. The van der Waals surface area contributed by atoms with Crippen molar-refractivity contribution in [3.8, 4) is 22.5 Å². The third-order valence-electron chi connectivity index (χ3n) is 5.93. The Morgan fingerprint density at radius 2 is 1.83 bits per heavy atom. The highest BCUT2D eigenvalue weighted by atomic mass is 19.1. The number of aromatic amines is 1. The van der Waals surface area contributed by atoms with Crippen LogP contribution in [0.15, 0.2) is 47.1 Å². The molecule has 0 fully saturated rings. The SMILES string of the molecule is Cc1cnc(-c2ccc(-c3ccc(NC(=O)Nc4cc(C(C)(C)C)on4)cc3F)c3c2C(=O)NC3)[nH]1. The highest BCUT2D eigenvalue weighted by molar-refractivity contribution is 6.06. The Kier molecular flexibility index (Phi) is 5.58. The molecule has 36 heavy (non-hydrogen) atoms. The molecule has 0 saturated heterocycles. The predicted octanol–water partition coefficient (Wildman–Crippen LogP) is 5.36. The summed E-state index contributed by atoms with van der Waals surface area (Å²) in [6.07, 6.45) is 1.69. The van der Waals surface area contributed by atoms with E-state index >= 15 is 4.39 Å². The minimum Gasteiger partial charge on any atom is -0.359 e. The van der Waals surface area contributed by atoms with Crippen LogP contribution in [0.5, 0.6) is 0 Å². The topological polar surface area (TPSA) is 125 Å². The summed E-state index contributed by atoms with van der Waals surface area (Å²) < 4.78 is 20.5. The molecule has 9 nitrogen and oxygen atoms in total. The molecule has 184 valence electrons. The van der Waals surface area contributed by atoms with Crippen LogP contribution in [0.4, 0.5) is 20.7 Å². The fourth-order valence-corrected chi connectivity index (χ4v) is 4.12. The first-order chi connectivity index (χ1) is 17.1.